The molecule has 0 atom stereocenters. The van der Waals surface area contributed by atoms with Crippen LogP contribution in [0.5, 0.6) is 0 Å². The van der Waals surface area contributed by atoms with Gasteiger partial charge in [0.1, 0.15) is 0 Å². The molecule has 0 aliphatic rings. The minimum Gasteiger partial charge on any atom is -0.355 e. The quantitative estimate of drug-likeness (QED) is 0.492. The van der Waals surface area contributed by atoms with Crippen LogP contribution in [-0.4, -0.2) is 20.8 Å². The minimum atomic E-state index is -0.426. The normalized spacial score (nSPS) is 10.8. The molecule has 1 N–H and O–H groups in total. The Morgan fingerprint density at radius 1 is 1.07 bits per heavy atom. The number of benzene rings is 2. The van der Waals surface area contributed by atoms with E-state index >= 15 is 0 Å². The molecule has 0 saturated carbocycles. The summed E-state index contributed by atoms with van der Waals surface area (Å²) in [5.74, 6) is 0.376. The topological polar surface area (TPSA) is 73.0 Å². The summed E-state index contributed by atoms with van der Waals surface area (Å²) in [6.45, 7) is 0.611. The number of hydrogen-bond donors (Lipinski definition) is 1. The van der Waals surface area contributed by atoms with Gasteiger partial charge in [0.2, 0.25) is 0 Å². The molecule has 0 radical (unpaired) electrons. The maximum atomic E-state index is 12.4. The molecule has 0 spiro atoms. The van der Waals surface area contributed by atoms with Crippen molar-refractivity contribution >= 4 is 34.9 Å². The lowest BCUT2D eigenvalue weighted by Gasteiger charge is -2.01. The van der Waals surface area contributed by atoms with E-state index in [2.05, 4.69) is 15.6 Å². The molecule has 0 fully saturated rings. The zero-order chi connectivity index (χ0) is 19.5. The number of amides is 1. The molecule has 6 nitrogen and oxygen atoms in total. The minimum absolute atomic E-state index is 0.124. The summed E-state index contributed by atoms with van der Waals surface area (Å²) in [5.41, 5.74) is 1.84. The van der Waals surface area contributed by atoms with Gasteiger partial charge in [0.15, 0.2) is 17.3 Å². The summed E-state index contributed by atoms with van der Waals surface area (Å²) in [7, 11) is 0. The van der Waals surface area contributed by atoms with Gasteiger partial charge in [-0.15, -0.1) is 0 Å². The average Bonchev–Trinajstić information content (AvgIpc) is 3.32. The van der Waals surface area contributed by atoms with Crippen molar-refractivity contribution in [2.75, 3.05) is 5.32 Å². The molecule has 4 aromatic rings. The lowest BCUT2D eigenvalue weighted by Crippen LogP contribution is -2.13. The molecule has 28 heavy (non-hydrogen) atoms. The zero-order valence-electron chi connectivity index (χ0n) is 14.5. The number of rotatable bonds is 5. The molecule has 140 valence electrons. The molecule has 1 amide bonds. The van der Waals surface area contributed by atoms with E-state index in [1.54, 1.807) is 35.1 Å². The maximum absolute atomic E-state index is 12.4. The van der Waals surface area contributed by atoms with Gasteiger partial charge in [0, 0.05) is 28.9 Å². The second-order valence-corrected chi connectivity index (χ2v) is 6.88. The van der Waals surface area contributed by atoms with E-state index in [-0.39, 0.29) is 5.69 Å². The molecule has 2 heterocycles. The van der Waals surface area contributed by atoms with Crippen LogP contribution in [0.3, 0.4) is 0 Å². The highest BCUT2D eigenvalue weighted by molar-refractivity contribution is 6.36. The van der Waals surface area contributed by atoms with Crippen LogP contribution >= 0.6 is 23.2 Å². The average molecular weight is 413 g/mol. The number of carbonyl (C=O) groups excluding carboxylic acids is 1. The summed E-state index contributed by atoms with van der Waals surface area (Å²) >= 11 is 12.1. The van der Waals surface area contributed by atoms with Crippen LogP contribution in [0.15, 0.2) is 71.4 Å². The van der Waals surface area contributed by atoms with Crippen LogP contribution in [0.2, 0.25) is 10.0 Å². The monoisotopic (exact) mass is 412 g/mol. The number of hydrogen-bond acceptors (Lipinski definition) is 4. The Kier molecular flexibility index (Phi) is 5.14. The van der Waals surface area contributed by atoms with Crippen molar-refractivity contribution in [3.8, 4) is 11.3 Å². The Morgan fingerprint density at radius 2 is 1.89 bits per heavy atom. The van der Waals surface area contributed by atoms with Crippen LogP contribution in [0.25, 0.3) is 11.3 Å². The van der Waals surface area contributed by atoms with Crippen molar-refractivity contribution in [3.63, 3.8) is 0 Å². The van der Waals surface area contributed by atoms with Crippen LogP contribution < -0.4 is 5.32 Å². The van der Waals surface area contributed by atoms with E-state index in [4.69, 9.17) is 27.7 Å². The fourth-order valence-electron chi connectivity index (χ4n) is 2.67. The Hall–Kier alpha value is -3.09. The lowest BCUT2D eigenvalue weighted by atomic mass is 10.1. The molecular weight excluding hydrogens is 399 g/mol. The molecule has 0 aliphatic carbocycles. The van der Waals surface area contributed by atoms with Gasteiger partial charge >= 0.3 is 0 Å². The third kappa shape index (κ3) is 4.08. The van der Waals surface area contributed by atoms with Crippen LogP contribution in [0, 0.1) is 0 Å². The highest BCUT2D eigenvalue weighted by Gasteiger charge is 2.16. The van der Waals surface area contributed by atoms with Gasteiger partial charge in [-0.3, -0.25) is 9.48 Å². The van der Waals surface area contributed by atoms with Crippen LogP contribution in [-0.2, 0) is 6.54 Å². The second kappa shape index (κ2) is 7.88. The summed E-state index contributed by atoms with van der Waals surface area (Å²) in [5, 5.41) is 11.8. The van der Waals surface area contributed by atoms with Gasteiger partial charge in [-0.25, -0.2) is 0 Å². The van der Waals surface area contributed by atoms with Gasteiger partial charge in [-0.1, -0.05) is 58.7 Å². The molecule has 8 heteroatoms. The Bertz CT molecular complexity index is 1120. The Labute approximate surface area is 170 Å². The SMILES string of the molecule is O=C(Nc1ccn(Cc2ccccc2)n1)c1cc(-c2ccc(Cl)cc2Cl)on1. The van der Waals surface area contributed by atoms with Crippen LogP contribution in [0.1, 0.15) is 16.1 Å². The number of halogens is 2. The van der Waals surface area contributed by atoms with Gasteiger partial charge in [-0.05, 0) is 23.8 Å². The number of nitrogens with one attached hydrogen (secondary N) is 1. The van der Waals surface area contributed by atoms with Crippen molar-refractivity contribution in [1.82, 2.24) is 14.9 Å². The van der Waals surface area contributed by atoms with Crippen molar-refractivity contribution in [2.24, 2.45) is 0 Å². The third-order valence-electron chi connectivity index (χ3n) is 4.01. The number of aromatic nitrogens is 3. The first-order valence-corrected chi connectivity index (χ1v) is 9.15. The van der Waals surface area contributed by atoms with E-state index < -0.39 is 5.91 Å². The fraction of sp³-hybridized carbons (Fsp3) is 0.0500. The summed E-state index contributed by atoms with van der Waals surface area (Å²) in [4.78, 5) is 12.4. The first kappa shape index (κ1) is 18.3. The lowest BCUT2D eigenvalue weighted by molar-refractivity contribution is 0.101. The van der Waals surface area contributed by atoms with Gasteiger partial charge in [0.05, 0.1) is 11.6 Å². The van der Waals surface area contributed by atoms with E-state index in [9.17, 15) is 4.79 Å². The maximum Gasteiger partial charge on any atom is 0.279 e. The molecular formula is C20H14Cl2N4O2. The first-order valence-electron chi connectivity index (χ1n) is 8.39. The first-order chi connectivity index (χ1) is 13.6. The van der Waals surface area contributed by atoms with Crippen molar-refractivity contribution in [3.05, 3.63) is 88.2 Å². The fourth-order valence-corrected chi connectivity index (χ4v) is 3.17. The predicted octanol–water partition coefficient (Wildman–Crippen LogP) is 5.15. The number of carbonyl (C=O) groups is 1. The largest absolute Gasteiger partial charge is 0.355 e. The predicted molar refractivity (Wildman–Crippen MR) is 108 cm³/mol. The summed E-state index contributed by atoms with van der Waals surface area (Å²) in [6, 6.07) is 18.2. The van der Waals surface area contributed by atoms with E-state index in [0.29, 0.717) is 33.7 Å². The zero-order valence-corrected chi connectivity index (χ0v) is 16.0. The molecule has 2 aromatic heterocycles. The smallest absolute Gasteiger partial charge is 0.279 e. The molecule has 0 bridgehead atoms. The number of anilines is 1. The standard InChI is InChI=1S/C20H14Cl2N4O2/c21-14-6-7-15(16(22)10-14)18-11-17(25-28-18)20(27)23-19-8-9-26(24-19)12-13-4-2-1-3-5-13/h1-11H,12H2,(H,23,24,27). The Balaban J connectivity index is 1.45. The third-order valence-corrected chi connectivity index (χ3v) is 4.56. The number of nitrogens with zero attached hydrogens (tertiary/aromatic N) is 3. The summed E-state index contributed by atoms with van der Waals surface area (Å²) < 4.78 is 6.99. The van der Waals surface area contributed by atoms with Gasteiger partial charge < -0.3 is 9.84 Å². The van der Waals surface area contributed by atoms with Crippen molar-refractivity contribution in [1.29, 1.82) is 0 Å². The van der Waals surface area contributed by atoms with Crippen molar-refractivity contribution in [2.45, 2.75) is 6.54 Å². The van der Waals surface area contributed by atoms with Crippen molar-refractivity contribution < 1.29 is 9.32 Å². The molecule has 0 unspecified atom stereocenters. The molecule has 4 rings (SSSR count). The van der Waals surface area contributed by atoms with E-state index in [1.165, 1.54) is 6.07 Å². The molecule has 0 saturated heterocycles. The second-order valence-electron chi connectivity index (χ2n) is 6.04. The summed E-state index contributed by atoms with van der Waals surface area (Å²) in [6.07, 6.45) is 1.80. The van der Waals surface area contributed by atoms with Gasteiger partial charge in [0.25, 0.3) is 5.91 Å². The van der Waals surface area contributed by atoms with E-state index in [1.807, 2.05) is 30.3 Å². The molecule has 2 aromatic carbocycles. The highest BCUT2D eigenvalue weighted by Crippen LogP contribution is 2.30. The van der Waals surface area contributed by atoms with Crippen LogP contribution in [0.4, 0.5) is 5.82 Å². The van der Waals surface area contributed by atoms with Gasteiger partial charge in [-0.2, -0.15) is 5.10 Å². The Morgan fingerprint density at radius 3 is 2.68 bits per heavy atom. The highest BCUT2D eigenvalue weighted by atomic mass is 35.5. The molecule has 0 aliphatic heterocycles. The van der Waals surface area contributed by atoms with E-state index in [0.717, 1.165) is 5.56 Å².